The van der Waals surface area contributed by atoms with Gasteiger partial charge >= 0.3 is 0 Å². The third kappa shape index (κ3) is 4.46. The van der Waals surface area contributed by atoms with Crippen LogP contribution in [0.2, 0.25) is 0 Å². The molecule has 0 saturated heterocycles. The van der Waals surface area contributed by atoms with Crippen LogP contribution in [-0.4, -0.2) is 28.7 Å². The number of aromatic amines is 1. The number of hydrogen-bond acceptors (Lipinski definition) is 4. The first-order chi connectivity index (χ1) is 12.7. The third-order valence-electron chi connectivity index (χ3n) is 3.96. The Morgan fingerprint density at radius 1 is 1.19 bits per heavy atom. The first-order valence-electron chi connectivity index (χ1n) is 8.33. The first-order valence-corrected chi connectivity index (χ1v) is 9.31. The molecule has 2 aromatic carbocycles. The molecule has 5 nitrogen and oxygen atoms in total. The molecule has 0 bridgehead atoms. The van der Waals surface area contributed by atoms with Crippen molar-refractivity contribution in [3.8, 4) is 17.0 Å². The summed E-state index contributed by atoms with van der Waals surface area (Å²) in [6, 6.07) is 17.5. The van der Waals surface area contributed by atoms with Gasteiger partial charge in [0.1, 0.15) is 5.75 Å². The van der Waals surface area contributed by atoms with E-state index in [-0.39, 0.29) is 11.9 Å². The molecule has 1 heterocycles. The first kappa shape index (κ1) is 18.1. The second kappa shape index (κ2) is 8.58. The number of para-hydroxylation sites is 1. The van der Waals surface area contributed by atoms with E-state index in [4.69, 9.17) is 4.74 Å². The van der Waals surface area contributed by atoms with E-state index in [2.05, 4.69) is 15.3 Å². The number of nitrogens with one attached hydrogen (secondary N) is 2. The summed E-state index contributed by atoms with van der Waals surface area (Å²) in [5, 5.41) is 3.72. The maximum atomic E-state index is 12.3. The van der Waals surface area contributed by atoms with Crippen LogP contribution in [0.3, 0.4) is 0 Å². The van der Waals surface area contributed by atoms with Gasteiger partial charge in [0.2, 0.25) is 5.91 Å². The van der Waals surface area contributed by atoms with Crippen LogP contribution in [0.25, 0.3) is 11.3 Å². The van der Waals surface area contributed by atoms with Gasteiger partial charge in [-0.05, 0) is 18.6 Å². The Morgan fingerprint density at radius 2 is 1.92 bits per heavy atom. The molecule has 3 aromatic rings. The third-order valence-corrected chi connectivity index (χ3v) is 4.85. The summed E-state index contributed by atoms with van der Waals surface area (Å²) in [5.74, 6) is 1.01. The van der Waals surface area contributed by atoms with Crippen molar-refractivity contribution in [2.24, 2.45) is 0 Å². The fraction of sp³-hybridized carbons (Fsp3) is 0.200. The molecule has 0 aliphatic heterocycles. The van der Waals surface area contributed by atoms with Crippen LogP contribution in [0.4, 0.5) is 0 Å². The number of imidazole rings is 1. The molecule has 0 fully saturated rings. The Labute approximate surface area is 157 Å². The molecule has 2 N–H and O–H groups in total. The minimum Gasteiger partial charge on any atom is -0.496 e. The van der Waals surface area contributed by atoms with E-state index in [1.165, 1.54) is 11.8 Å². The average molecular weight is 367 g/mol. The molecule has 134 valence electrons. The van der Waals surface area contributed by atoms with Gasteiger partial charge in [-0.25, -0.2) is 4.98 Å². The molecule has 26 heavy (non-hydrogen) atoms. The summed E-state index contributed by atoms with van der Waals surface area (Å²) in [5.41, 5.74) is 2.97. The molecule has 3 rings (SSSR count). The Hall–Kier alpha value is -2.73. The minimum atomic E-state index is -0.129. The minimum absolute atomic E-state index is 0.0499. The number of aromatic nitrogens is 2. The summed E-state index contributed by atoms with van der Waals surface area (Å²) in [6.45, 7) is 1.95. The number of methoxy groups -OCH3 is 1. The van der Waals surface area contributed by atoms with E-state index in [1.54, 1.807) is 13.3 Å². The van der Waals surface area contributed by atoms with Crippen molar-refractivity contribution in [1.82, 2.24) is 15.3 Å². The van der Waals surface area contributed by atoms with Gasteiger partial charge in [-0.2, -0.15) is 0 Å². The molecule has 0 aliphatic rings. The number of hydrogen-bond donors (Lipinski definition) is 2. The number of carbonyl (C=O) groups is 1. The van der Waals surface area contributed by atoms with Gasteiger partial charge in [0.25, 0.3) is 0 Å². The standard InChI is InChI=1S/C20H21N3O2S/c1-14(16-10-6-7-11-18(16)25-2)22-19(24)13-26-20-21-12-17(23-20)15-8-4-3-5-9-15/h3-12,14H,13H2,1-2H3,(H,21,23)(H,22,24). The van der Waals surface area contributed by atoms with Crippen molar-refractivity contribution in [3.63, 3.8) is 0 Å². The van der Waals surface area contributed by atoms with Gasteiger partial charge in [0.15, 0.2) is 5.16 Å². The number of thioether (sulfide) groups is 1. The highest BCUT2D eigenvalue weighted by Crippen LogP contribution is 2.25. The van der Waals surface area contributed by atoms with Gasteiger partial charge in [0.05, 0.1) is 30.8 Å². The molecular weight excluding hydrogens is 346 g/mol. The van der Waals surface area contributed by atoms with Gasteiger partial charge in [-0.15, -0.1) is 0 Å². The molecule has 0 aliphatic carbocycles. The van der Waals surface area contributed by atoms with Crippen LogP contribution in [0.5, 0.6) is 5.75 Å². The van der Waals surface area contributed by atoms with Gasteiger partial charge in [0, 0.05) is 5.56 Å². The Balaban J connectivity index is 1.55. The summed E-state index contributed by atoms with van der Waals surface area (Å²) in [6.07, 6.45) is 1.78. The molecule has 0 saturated carbocycles. The van der Waals surface area contributed by atoms with Gasteiger partial charge < -0.3 is 15.0 Å². The van der Waals surface area contributed by atoms with Crippen LogP contribution in [0.1, 0.15) is 18.5 Å². The molecule has 1 unspecified atom stereocenters. The summed E-state index contributed by atoms with van der Waals surface area (Å²) >= 11 is 1.38. The second-order valence-electron chi connectivity index (χ2n) is 5.79. The highest BCUT2D eigenvalue weighted by molar-refractivity contribution is 7.99. The van der Waals surface area contributed by atoms with Crippen molar-refractivity contribution in [2.45, 2.75) is 18.1 Å². The van der Waals surface area contributed by atoms with Crippen LogP contribution >= 0.6 is 11.8 Å². The van der Waals surface area contributed by atoms with Gasteiger partial charge in [-0.3, -0.25) is 4.79 Å². The number of benzene rings is 2. The fourth-order valence-corrected chi connectivity index (χ4v) is 3.32. The van der Waals surface area contributed by atoms with E-state index < -0.39 is 0 Å². The van der Waals surface area contributed by atoms with Crippen LogP contribution in [-0.2, 0) is 4.79 Å². The van der Waals surface area contributed by atoms with E-state index in [0.717, 1.165) is 27.7 Å². The van der Waals surface area contributed by atoms with E-state index in [9.17, 15) is 4.79 Å². The smallest absolute Gasteiger partial charge is 0.230 e. The van der Waals surface area contributed by atoms with Crippen molar-refractivity contribution in [1.29, 1.82) is 0 Å². The van der Waals surface area contributed by atoms with Crippen molar-refractivity contribution in [3.05, 3.63) is 66.4 Å². The maximum Gasteiger partial charge on any atom is 0.230 e. The number of carbonyl (C=O) groups excluding carboxylic acids is 1. The average Bonchev–Trinajstić information content (AvgIpc) is 3.16. The number of H-pyrrole nitrogens is 1. The predicted molar refractivity (Wildman–Crippen MR) is 104 cm³/mol. The number of nitrogens with zero attached hydrogens (tertiary/aromatic N) is 1. The van der Waals surface area contributed by atoms with Crippen LogP contribution in [0.15, 0.2) is 66.0 Å². The van der Waals surface area contributed by atoms with Crippen molar-refractivity contribution < 1.29 is 9.53 Å². The topological polar surface area (TPSA) is 67.0 Å². The molecule has 1 aromatic heterocycles. The monoisotopic (exact) mass is 367 g/mol. The second-order valence-corrected chi connectivity index (χ2v) is 6.75. The zero-order valence-corrected chi connectivity index (χ0v) is 15.5. The summed E-state index contributed by atoms with van der Waals surface area (Å²) in [4.78, 5) is 19.8. The Kier molecular flexibility index (Phi) is 5.96. The van der Waals surface area contributed by atoms with E-state index in [1.807, 2.05) is 61.5 Å². The maximum absolute atomic E-state index is 12.3. The molecular formula is C20H21N3O2S. The molecule has 6 heteroatoms. The summed E-state index contributed by atoms with van der Waals surface area (Å²) in [7, 11) is 1.63. The Morgan fingerprint density at radius 3 is 2.69 bits per heavy atom. The highest BCUT2D eigenvalue weighted by Gasteiger charge is 2.14. The van der Waals surface area contributed by atoms with Crippen molar-refractivity contribution in [2.75, 3.05) is 12.9 Å². The lowest BCUT2D eigenvalue weighted by molar-refractivity contribution is -0.119. The molecule has 0 radical (unpaired) electrons. The molecule has 1 amide bonds. The quantitative estimate of drug-likeness (QED) is 0.618. The van der Waals surface area contributed by atoms with E-state index in [0.29, 0.717) is 5.75 Å². The van der Waals surface area contributed by atoms with Crippen LogP contribution in [0, 0.1) is 0 Å². The summed E-state index contributed by atoms with van der Waals surface area (Å²) < 4.78 is 5.35. The van der Waals surface area contributed by atoms with Gasteiger partial charge in [-0.1, -0.05) is 60.3 Å². The predicted octanol–water partition coefficient (Wildman–Crippen LogP) is 4.05. The lowest BCUT2D eigenvalue weighted by Gasteiger charge is -2.17. The lowest BCUT2D eigenvalue weighted by Crippen LogP contribution is -2.28. The van der Waals surface area contributed by atoms with Crippen molar-refractivity contribution >= 4 is 17.7 Å². The zero-order chi connectivity index (χ0) is 18.4. The number of rotatable bonds is 7. The fourth-order valence-electron chi connectivity index (χ4n) is 2.66. The lowest BCUT2D eigenvalue weighted by atomic mass is 10.1. The number of ether oxygens (including phenoxy) is 1. The highest BCUT2D eigenvalue weighted by atomic mass is 32.2. The zero-order valence-electron chi connectivity index (χ0n) is 14.7. The normalized spacial score (nSPS) is 11.8. The molecule has 1 atom stereocenters. The Bertz CT molecular complexity index is 864. The number of amides is 1. The van der Waals surface area contributed by atoms with E-state index >= 15 is 0 Å². The largest absolute Gasteiger partial charge is 0.496 e. The van der Waals surface area contributed by atoms with Crippen LogP contribution < -0.4 is 10.1 Å². The molecule has 0 spiro atoms. The SMILES string of the molecule is COc1ccccc1C(C)NC(=O)CSc1ncc(-c2ccccc2)[nH]1.